The first-order chi connectivity index (χ1) is 11.2. The first-order valence-corrected chi connectivity index (χ1v) is 26.7. The molecule has 1 aliphatic rings. The number of nitrogens with one attached hydrogen (secondary N) is 3. The van der Waals surface area contributed by atoms with Crippen LogP contribution in [0.4, 0.5) is 13.2 Å². The molecule has 0 saturated heterocycles. The predicted octanol–water partition coefficient (Wildman–Crippen LogP) is 4.57. The number of hydrogen-bond donors (Lipinski definition) is 3. The van der Waals surface area contributed by atoms with Gasteiger partial charge in [0.25, 0.3) is 0 Å². The van der Waals surface area contributed by atoms with Gasteiger partial charge in [0.2, 0.25) is 0 Å². The van der Waals surface area contributed by atoms with Crippen molar-refractivity contribution in [1.82, 2.24) is 9.78 Å². The van der Waals surface area contributed by atoms with Gasteiger partial charge < -0.3 is 0 Å². The van der Waals surface area contributed by atoms with Crippen molar-refractivity contribution in [2.45, 2.75) is 82.6 Å². The minimum atomic E-state index is -5.08. The zero-order valence-corrected chi connectivity index (χ0v) is 21.4. The van der Waals surface area contributed by atoms with E-state index in [1.807, 2.05) is 59.8 Å². The fourth-order valence-corrected chi connectivity index (χ4v) is 66.5. The number of alkyl halides is 3. The third-order valence-electron chi connectivity index (χ3n) is 5.10. The molecule has 0 radical (unpaired) electrons. The van der Waals surface area contributed by atoms with Gasteiger partial charge in [0.1, 0.15) is 0 Å². The van der Waals surface area contributed by atoms with Crippen LogP contribution in [0.15, 0.2) is 21.5 Å². The van der Waals surface area contributed by atoms with Crippen LogP contribution < -0.4 is 9.78 Å². The molecule has 0 aromatic rings. The van der Waals surface area contributed by atoms with Gasteiger partial charge in [-0.05, 0) is 0 Å². The van der Waals surface area contributed by atoms with E-state index >= 15 is 0 Å². The van der Waals surface area contributed by atoms with E-state index in [1.54, 1.807) is 11.5 Å². The number of allylic oxidation sites excluding steroid dienone is 4. The Morgan fingerprint density at radius 1 is 0.920 bits per heavy atom. The molecule has 8 heteroatoms. The first kappa shape index (κ1) is 23.6. The second-order valence-electron chi connectivity index (χ2n) is 8.59. The van der Waals surface area contributed by atoms with E-state index < -0.39 is 31.6 Å². The molecular weight excluding hydrogens is 467 g/mol. The van der Waals surface area contributed by atoms with Crippen molar-refractivity contribution in [2.75, 3.05) is 0 Å². The molecule has 1 rings (SSSR count). The van der Waals surface area contributed by atoms with Gasteiger partial charge in [0.05, 0.1) is 0 Å². The van der Waals surface area contributed by atoms with Crippen LogP contribution in [-0.4, -0.2) is 32.6 Å². The Labute approximate surface area is 153 Å². The van der Waals surface area contributed by atoms with Crippen LogP contribution in [0.2, 0.25) is 11.5 Å². The van der Waals surface area contributed by atoms with Gasteiger partial charge in [0, 0.05) is 0 Å². The van der Waals surface area contributed by atoms with Gasteiger partial charge in [-0.1, -0.05) is 0 Å². The maximum atomic E-state index is 14.5. The Morgan fingerprint density at radius 2 is 1.32 bits per heavy atom. The molecule has 147 valence electrons. The standard InChI is InChI=1S/C5H5.C3H6F3Ge.3C3H8N.Zr/c1-2-4-5-3-1;1-7(2)3(4,5)6;3*1-3(2)4;/h1-3H,4H2;1-2H3;3*3-4H,1-2H3;/q;;3*-1;+3. The van der Waals surface area contributed by atoms with E-state index in [2.05, 4.69) is 9.78 Å². The van der Waals surface area contributed by atoms with E-state index in [9.17, 15) is 13.2 Å². The Hall–Kier alpha value is 0.576. The summed E-state index contributed by atoms with van der Waals surface area (Å²) in [5, 5.41) is -4.17. The Bertz CT molecular complexity index is 510. The molecule has 0 unspecified atom stereocenters. The zero-order chi connectivity index (χ0) is 19.7. The Kier molecular flexibility index (Phi) is 7.46. The minimum absolute atomic E-state index is 0.0445. The predicted molar refractivity (Wildman–Crippen MR) is 100 cm³/mol. The van der Waals surface area contributed by atoms with Crippen molar-refractivity contribution in [3.63, 3.8) is 0 Å². The molecule has 0 aromatic carbocycles. The van der Waals surface area contributed by atoms with Crippen LogP contribution in [-0.2, 0) is 17.1 Å². The van der Waals surface area contributed by atoms with Crippen molar-refractivity contribution in [1.29, 1.82) is 0 Å². The zero-order valence-electron chi connectivity index (χ0n) is 16.8. The van der Waals surface area contributed by atoms with E-state index in [1.165, 1.54) is 0 Å². The Balaban J connectivity index is 3.91. The topological polar surface area (TPSA) is 36.1 Å². The summed E-state index contributed by atoms with van der Waals surface area (Å²) in [6.07, 6.45) is 6.41. The summed E-state index contributed by atoms with van der Waals surface area (Å²) in [4.78, 5) is 0. The summed E-state index contributed by atoms with van der Waals surface area (Å²) < 4.78 is 55.4. The van der Waals surface area contributed by atoms with Crippen molar-refractivity contribution in [2.24, 2.45) is 0 Å². The summed E-state index contributed by atoms with van der Waals surface area (Å²) in [6.45, 7) is 11.7. The summed E-state index contributed by atoms with van der Waals surface area (Å²) in [6, 6.07) is -0.134. The summed E-state index contributed by atoms with van der Waals surface area (Å²) in [5.41, 5.74) is 0. The fourth-order valence-electron chi connectivity index (χ4n) is 4.18. The summed E-state index contributed by atoms with van der Waals surface area (Å²) in [7, 11) is -4.48. The quantitative estimate of drug-likeness (QED) is 0.426. The molecule has 0 atom stereocenters. The molecule has 1 aliphatic carbocycles. The molecule has 0 amide bonds. The molecule has 3 nitrogen and oxygen atoms in total. The normalized spacial score (nSPS) is 18.2. The van der Waals surface area contributed by atoms with Gasteiger partial charge in [-0.25, -0.2) is 0 Å². The molecule has 0 aromatic heterocycles. The molecule has 3 N–H and O–H groups in total. The Morgan fingerprint density at radius 3 is 1.56 bits per heavy atom. The molecule has 0 bridgehead atoms. The van der Waals surface area contributed by atoms with Crippen LogP contribution in [0.25, 0.3) is 0 Å². The van der Waals surface area contributed by atoms with Gasteiger partial charge in [0.15, 0.2) is 0 Å². The third kappa shape index (κ3) is 4.21. The van der Waals surface area contributed by atoms with Gasteiger partial charge >= 0.3 is 154 Å². The average molecular weight is 502 g/mol. The fraction of sp³-hybridized carbons (Fsp3) is 0.765. The maximum absolute atomic E-state index is 14.5. The number of rotatable bonds is 8. The molecule has 0 saturated carbocycles. The van der Waals surface area contributed by atoms with Crippen LogP contribution in [0.3, 0.4) is 0 Å². The van der Waals surface area contributed by atoms with E-state index in [0.29, 0.717) is 6.42 Å². The average Bonchev–Trinajstić information content (AvgIpc) is 2.88. The van der Waals surface area contributed by atoms with Crippen molar-refractivity contribution >= 4 is 9.48 Å². The van der Waals surface area contributed by atoms with Crippen LogP contribution in [0.1, 0.15) is 48.0 Å². The summed E-state index contributed by atoms with van der Waals surface area (Å²) in [5.74, 6) is 3.09. The van der Waals surface area contributed by atoms with Gasteiger partial charge in [-0.2, -0.15) is 0 Å². The van der Waals surface area contributed by atoms with E-state index in [0.717, 1.165) is 3.28 Å². The van der Waals surface area contributed by atoms with Gasteiger partial charge in [-0.3, -0.25) is 0 Å². The van der Waals surface area contributed by atoms with Crippen LogP contribution in [0, 0.1) is 0 Å². The number of hydrogen-bond acceptors (Lipinski definition) is 3. The van der Waals surface area contributed by atoms with Crippen LogP contribution in [0.5, 0.6) is 0 Å². The molecule has 0 spiro atoms. The molecular formula is C17H35F3GeN3Zr. The van der Waals surface area contributed by atoms with Crippen LogP contribution >= 0.6 is 0 Å². The SMILES string of the molecule is CC(C)[NH][Zr]([NH]C(C)C)([NH]C(C)C)([C]1=CC=CC1)[Ge]([CH3])([CH3])[C](F)(F)F. The third-order valence-corrected chi connectivity index (χ3v) is 70.8. The second kappa shape index (κ2) is 7.90. The molecule has 0 heterocycles. The second-order valence-corrected chi connectivity index (χ2v) is 54.8. The van der Waals surface area contributed by atoms with Crippen molar-refractivity contribution in [3.8, 4) is 0 Å². The monoisotopic (exact) mass is 502 g/mol. The van der Waals surface area contributed by atoms with Gasteiger partial charge in [-0.15, -0.1) is 0 Å². The number of halogens is 3. The summed E-state index contributed by atoms with van der Waals surface area (Å²) >= 11 is -5.08. The van der Waals surface area contributed by atoms with Crippen molar-refractivity contribution in [3.05, 3.63) is 21.5 Å². The van der Waals surface area contributed by atoms with E-state index in [-0.39, 0.29) is 18.1 Å². The molecule has 0 fully saturated rings. The molecule has 25 heavy (non-hydrogen) atoms. The first-order valence-electron chi connectivity index (χ1n) is 9.11. The van der Waals surface area contributed by atoms with Crippen molar-refractivity contribution < 1.29 is 30.3 Å². The van der Waals surface area contributed by atoms with E-state index in [4.69, 9.17) is 0 Å². The molecule has 0 aliphatic heterocycles.